The molecule has 0 bridgehead atoms. The molecule has 2 aromatic rings. The number of rotatable bonds is 7. The summed E-state index contributed by atoms with van der Waals surface area (Å²) in [5.74, 6) is -2.04. The molecule has 0 unspecified atom stereocenters. The Morgan fingerprint density at radius 1 is 1.31 bits per heavy atom. The molecule has 0 aliphatic carbocycles. The molecule has 1 N–H and O–H groups in total. The van der Waals surface area contributed by atoms with E-state index >= 15 is 0 Å². The maximum Gasteiger partial charge on any atom is 0.306 e. The van der Waals surface area contributed by atoms with Crippen LogP contribution in [0.2, 0.25) is 0 Å². The first-order valence-electron chi connectivity index (χ1n) is 8.00. The summed E-state index contributed by atoms with van der Waals surface area (Å²) in [7, 11) is 0. The van der Waals surface area contributed by atoms with Gasteiger partial charge >= 0.3 is 5.97 Å². The fourth-order valence-electron chi connectivity index (χ4n) is 2.38. The van der Waals surface area contributed by atoms with E-state index in [0.717, 1.165) is 0 Å². The summed E-state index contributed by atoms with van der Waals surface area (Å²) in [6.07, 6.45) is -0.164. The van der Waals surface area contributed by atoms with Crippen LogP contribution in [0.5, 0.6) is 5.75 Å². The Bertz CT molecular complexity index is 874. The van der Waals surface area contributed by atoms with Crippen LogP contribution < -0.4 is 0 Å². The minimum absolute atomic E-state index is 0.106. The predicted octanol–water partition coefficient (Wildman–Crippen LogP) is 2.91. The second-order valence-corrected chi connectivity index (χ2v) is 5.51. The van der Waals surface area contributed by atoms with Gasteiger partial charge in [0.2, 0.25) is 0 Å². The summed E-state index contributed by atoms with van der Waals surface area (Å²) < 4.78 is 18.1. The smallest absolute Gasteiger partial charge is 0.306 e. The number of carbonyl (C=O) groups is 2. The van der Waals surface area contributed by atoms with Crippen molar-refractivity contribution in [3.8, 4) is 11.8 Å². The Labute approximate surface area is 149 Å². The number of carbonyl (C=O) groups excluding carboxylic acids is 2. The van der Waals surface area contributed by atoms with Gasteiger partial charge in [-0.15, -0.1) is 0 Å². The third-order valence-electron chi connectivity index (χ3n) is 3.57. The van der Waals surface area contributed by atoms with Crippen LogP contribution in [0.4, 0.5) is 4.39 Å². The first-order valence-corrected chi connectivity index (χ1v) is 8.00. The second-order valence-electron chi connectivity index (χ2n) is 5.51. The standard InChI is InChI=1S/C19H17FN2O4/c1-2-26-17(24)7-6-16(23)18-19(25)13(11-21)10-15(22-18)9-12-4-3-5-14(20)8-12/h3-5,8,10,25H,2,6-7,9H2,1H3. The molecule has 0 aliphatic heterocycles. The van der Waals surface area contributed by atoms with Gasteiger partial charge in [-0.2, -0.15) is 5.26 Å². The van der Waals surface area contributed by atoms with Gasteiger partial charge in [0.25, 0.3) is 0 Å². The number of pyridine rings is 1. The number of halogens is 1. The zero-order valence-corrected chi connectivity index (χ0v) is 14.2. The van der Waals surface area contributed by atoms with Gasteiger partial charge in [0.05, 0.1) is 18.6 Å². The van der Waals surface area contributed by atoms with Crippen molar-refractivity contribution in [1.29, 1.82) is 5.26 Å². The lowest BCUT2D eigenvalue weighted by atomic mass is 10.0. The van der Waals surface area contributed by atoms with Crippen LogP contribution in [-0.2, 0) is 16.0 Å². The van der Waals surface area contributed by atoms with Crippen LogP contribution in [0.15, 0.2) is 30.3 Å². The number of nitrogens with zero attached hydrogens (tertiary/aromatic N) is 2. The number of ether oxygens (including phenoxy) is 1. The summed E-state index contributed by atoms with van der Waals surface area (Å²) >= 11 is 0. The SMILES string of the molecule is CCOC(=O)CCC(=O)c1nc(Cc2cccc(F)c2)cc(C#N)c1O. The number of Topliss-reactive ketones (excluding diaryl/α,β-unsaturated/α-hetero) is 1. The van der Waals surface area contributed by atoms with Crippen molar-refractivity contribution in [2.24, 2.45) is 0 Å². The number of nitriles is 1. The molecule has 0 saturated carbocycles. The van der Waals surface area contributed by atoms with E-state index in [9.17, 15) is 19.1 Å². The van der Waals surface area contributed by atoms with Crippen molar-refractivity contribution in [2.45, 2.75) is 26.2 Å². The molecule has 0 amide bonds. The second kappa shape index (κ2) is 8.72. The predicted molar refractivity (Wildman–Crippen MR) is 90.0 cm³/mol. The lowest BCUT2D eigenvalue weighted by molar-refractivity contribution is -0.143. The zero-order valence-electron chi connectivity index (χ0n) is 14.2. The minimum Gasteiger partial charge on any atom is -0.504 e. The molecule has 7 heteroatoms. The zero-order chi connectivity index (χ0) is 19.1. The number of hydrogen-bond acceptors (Lipinski definition) is 6. The Kier molecular flexibility index (Phi) is 6.39. The van der Waals surface area contributed by atoms with Crippen LogP contribution in [0.3, 0.4) is 0 Å². The number of aromatic hydroxyl groups is 1. The third-order valence-corrected chi connectivity index (χ3v) is 3.57. The number of hydrogen-bond donors (Lipinski definition) is 1. The van der Waals surface area contributed by atoms with Crippen molar-refractivity contribution >= 4 is 11.8 Å². The largest absolute Gasteiger partial charge is 0.504 e. The molecule has 134 valence electrons. The van der Waals surface area contributed by atoms with Gasteiger partial charge in [-0.25, -0.2) is 9.37 Å². The van der Waals surface area contributed by atoms with Crippen LogP contribution >= 0.6 is 0 Å². The molecular weight excluding hydrogens is 339 g/mol. The van der Waals surface area contributed by atoms with Gasteiger partial charge in [-0.05, 0) is 30.7 Å². The van der Waals surface area contributed by atoms with E-state index < -0.39 is 23.3 Å². The fourth-order valence-corrected chi connectivity index (χ4v) is 2.38. The molecule has 2 rings (SSSR count). The average molecular weight is 356 g/mol. The number of ketones is 1. The minimum atomic E-state index is -0.576. The summed E-state index contributed by atoms with van der Waals surface area (Å²) in [5.41, 5.74) is 0.562. The fraction of sp³-hybridized carbons (Fsp3) is 0.263. The molecule has 1 aromatic carbocycles. The Morgan fingerprint density at radius 3 is 2.73 bits per heavy atom. The molecule has 0 aliphatic rings. The summed E-state index contributed by atoms with van der Waals surface area (Å²) in [6, 6.07) is 9.01. The van der Waals surface area contributed by atoms with E-state index in [2.05, 4.69) is 4.98 Å². The monoisotopic (exact) mass is 356 g/mol. The van der Waals surface area contributed by atoms with Crippen molar-refractivity contribution in [2.75, 3.05) is 6.61 Å². The van der Waals surface area contributed by atoms with Crippen molar-refractivity contribution in [3.63, 3.8) is 0 Å². The third kappa shape index (κ3) is 4.86. The molecule has 0 atom stereocenters. The Hall–Kier alpha value is -3.27. The van der Waals surface area contributed by atoms with Gasteiger partial charge in [-0.3, -0.25) is 9.59 Å². The number of aromatic nitrogens is 1. The maximum atomic E-state index is 13.3. The van der Waals surface area contributed by atoms with Gasteiger partial charge in [0.15, 0.2) is 11.5 Å². The van der Waals surface area contributed by atoms with Crippen LogP contribution in [0.25, 0.3) is 0 Å². The number of benzene rings is 1. The highest BCUT2D eigenvalue weighted by Gasteiger charge is 2.19. The molecular formula is C19H17FN2O4. The van der Waals surface area contributed by atoms with E-state index in [0.29, 0.717) is 11.3 Å². The highest BCUT2D eigenvalue weighted by Crippen LogP contribution is 2.24. The normalized spacial score (nSPS) is 10.2. The van der Waals surface area contributed by atoms with Crippen molar-refractivity contribution in [1.82, 2.24) is 4.98 Å². The molecule has 0 saturated heterocycles. The summed E-state index contributed by atoms with van der Waals surface area (Å²) in [4.78, 5) is 27.8. The first-order chi connectivity index (χ1) is 12.4. The highest BCUT2D eigenvalue weighted by atomic mass is 19.1. The average Bonchev–Trinajstić information content (AvgIpc) is 2.61. The molecule has 26 heavy (non-hydrogen) atoms. The van der Waals surface area contributed by atoms with E-state index in [4.69, 9.17) is 10.00 Å². The lowest BCUT2D eigenvalue weighted by Crippen LogP contribution is -2.11. The molecule has 0 fully saturated rings. The number of esters is 1. The topological polar surface area (TPSA) is 100 Å². The van der Waals surface area contributed by atoms with Crippen LogP contribution in [0.1, 0.15) is 47.1 Å². The van der Waals surface area contributed by atoms with E-state index in [1.807, 2.05) is 0 Å². The van der Waals surface area contributed by atoms with E-state index in [1.54, 1.807) is 25.1 Å². The van der Waals surface area contributed by atoms with Gasteiger partial charge < -0.3 is 9.84 Å². The van der Waals surface area contributed by atoms with Crippen LogP contribution in [0, 0.1) is 17.1 Å². The van der Waals surface area contributed by atoms with E-state index in [-0.39, 0.29) is 37.1 Å². The van der Waals surface area contributed by atoms with Crippen molar-refractivity contribution < 1.29 is 23.8 Å². The first kappa shape index (κ1) is 19.1. The van der Waals surface area contributed by atoms with E-state index in [1.165, 1.54) is 18.2 Å². The quantitative estimate of drug-likeness (QED) is 0.605. The Morgan fingerprint density at radius 2 is 2.08 bits per heavy atom. The molecule has 0 radical (unpaired) electrons. The molecule has 6 nitrogen and oxygen atoms in total. The van der Waals surface area contributed by atoms with Gasteiger partial charge in [0, 0.05) is 18.5 Å². The summed E-state index contributed by atoms with van der Waals surface area (Å²) in [6.45, 7) is 1.86. The molecule has 1 aromatic heterocycles. The van der Waals surface area contributed by atoms with Gasteiger partial charge in [0.1, 0.15) is 17.6 Å². The summed E-state index contributed by atoms with van der Waals surface area (Å²) in [5, 5.41) is 19.2. The maximum absolute atomic E-state index is 13.3. The highest BCUT2D eigenvalue weighted by molar-refractivity contribution is 5.98. The molecule has 1 heterocycles. The molecule has 0 spiro atoms. The van der Waals surface area contributed by atoms with Crippen LogP contribution in [-0.4, -0.2) is 28.4 Å². The Balaban J connectivity index is 2.27. The van der Waals surface area contributed by atoms with Gasteiger partial charge in [-0.1, -0.05) is 12.1 Å². The van der Waals surface area contributed by atoms with Crippen molar-refractivity contribution in [3.05, 3.63) is 58.7 Å². The lowest BCUT2D eigenvalue weighted by Gasteiger charge is -2.09.